The molecular weight excluding hydrogens is 446 g/mol. The number of carbonyl (C=O) groups excluding carboxylic acids is 2. The largest absolute Gasteiger partial charge is 0.497 e. The van der Waals surface area contributed by atoms with Crippen LogP contribution >= 0.6 is 0 Å². The molecule has 2 N–H and O–H groups in total. The highest BCUT2D eigenvalue weighted by atomic mass is 16.5. The average Bonchev–Trinajstić information content (AvgIpc) is 3.42. The zero-order valence-electron chi connectivity index (χ0n) is 20.9. The molecule has 0 saturated carbocycles. The van der Waals surface area contributed by atoms with Gasteiger partial charge in [0.25, 0.3) is 11.6 Å². The number of methoxy groups -OCH3 is 1. The Morgan fingerprint density at radius 1 is 1.20 bits per heavy atom. The second-order valence-corrected chi connectivity index (χ2v) is 10.3. The Labute approximate surface area is 205 Å². The van der Waals surface area contributed by atoms with E-state index in [1.54, 1.807) is 13.2 Å². The summed E-state index contributed by atoms with van der Waals surface area (Å²) < 4.78 is 7.54. The molecule has 1 aromatic heterocycles. The van der Waals surface area contributed by atoms with E-state index in [0.29, 0.717) is 42.9 Å². The minimum atomic E-state index is -2.38. The third-order valence-electron chi connectivity index (χ3n) is 7.46. The lowest BCUT2D eigenvalue weighted by atomic mass is 9.82. The summed E-state index contributed by atoms with van der Waals surface area (Å²) in [5, 5.41) is 24.4. The standard InChI is InChI=1S/C27H33N3O5/c1-15(2)10-12-28-20-14-17(35-5)8-9-18(20)22-23(28)21(13-16(3)4)30-25(32)19-7-6-11-29(19)26(33)27(30,34)24(22)31/h8-10,13-14,19,21,24,31,34H,6-7,11-12H2,1-5H3. The average molecular weight is 480 g/mol. The summed E-state index contributed by atoms with van der Waals surface area (Å²) in [5.41, 5.74) is 1.67. The quantitative estimate of drug-likeness (QED) is 0.657. The van der Waals surface area contributed by atoms with Crippen LogP contribution in [0, 0.1) is 0 Å². The number of nitrogens with zero attached hydrogens (tertiary/aromatic N) is 3. The molecule has 3 aliphatic heterocycles. The van der Waals surface area contributed by atoms with E-state index in [1.807, 2.05) is 45.9 Å². The normalized spacial score (nSPS) is 27.5. The number of fused-ring (bicyclic) bond motifs is 5. The summed E-state index contributed by atoms with van der Waals surface area (Å²) in [7, 11) is 1.60. The van der Waals surface area contributed by atoms with Crippen LogP contribution in [-0.4, -0.2) is 61.8 Å². The number of rotatable bonds is 4. The first-order valence-corrected chi connectivity index (χ1v) is 12.1. The lowest BCUT2D eigenvalue weighted by Gasteiger charge is -2.54. The fourth-order valence-corrected chi connectivity index (χ4v) is 5.88. The molecule has 2 saturated heterocycles. The fourth-order valence-electron chi connectivity index (χ4n) is 5.88. The Kier molecular flexibility index (Phi) is 5.56. The van der Waals surface area contributed by atoms with Crippen LogP contribution in [0.2, 0.25) is 0 Å². The van der Waals surface area contributed by atoms with Crippen LogP contribution in [0.1, 0.15) is 63.9 Å². The molecule has 35 heavy (non-hydrogen) atoms. The van der Waals surface area contributed by atoms with Crippen LogP contribution < -0.4 is 4.74 Å². The molecule has 0 radical (unpaired) electrons. The van der Waals surface area contributed by atoms with Crippen LogP contribution in [-0.2, 0) is 16.1 Å². The molecule has 8 nitrogen and oxygen atoms in total. The van der Waals surface area contributed by atoms with Gasteiger partial charge in [-0.05, 0) is 52.7 Å². The molecule has 2 aromatic rings. The predicted molar refractivity (Wildman–Crippen MR) is 132 cm³/mol. The number of aliphatic hydroxyl groups is 2. The van der Waals surface area contributed by atoms with Gasteiger partial charge in [-0.25, -0.2) is 0 Å². The van der Waals surface area contributed by atoms with Crippen molar-refractivity contribution in [2.24, 2.45) is 0 Å². The maximum atomic E-state index is 13.8. The molecule has 1 aromatic carbocycles. The number of carbonyl (C=O) groups is 2. The van der Waals surface area contributed by atoms with Crippen molar-refractivity contribution in [3.05, 3.63) is 52.8 Å². The molecule has 4 heterocycles. The van der Waals surface area contributed by atoms with Gasteiger partial charge in [0.05, 0.1) is 24.4 Å². The SMILES string of the molecule is COc1ccc2c3c(n(CC=C(C)C)c2c1)C(C=C(C)C)N1C(=O)C2CCCN2C(=O)C1(O)C3O. The van der Waals surface area contributed by atoms with Crippen molar-refractivity contribution in [2.75, 3.05) is 13.7 Å². The number of aliphatic hydroxyl groups excluding tert-OH is 1. The van der Waals surface area contributed by atoms with Gasteiger partial charge in [-0.1, -0.05) is 23.3 Å². The number of hydrogen-bond donors (Lipinski definition) is 2. The second-order valence-electron chi connectivity index (χ2n) is 10.3. The van der Waals surface area contributed by atoms with Crippen LogP contribution in [0.5, 0.6) is 5.75 Å². The predicted octanol–water partition coefficient (Wildman–Crippen LogP) is 3.19. The maximum Gasteiger partial charge on any atom is 0.279 e. The van der Waals surface area contributed by atoms with E-state index in [9.17, 15) is 19.8 Å². The number of aromatic nitrogens is 1. The summed E-state index contributed by atoms with van der Waals surface area (Å²) in [4.78, 5) is 30.2. The number of allylic oxidation sites excluding steroid dienone is 3. The first-order chi connectivity index (χ1) is 16.6. The Balaban J connectivity index is 1.86. The first kappa shape index (κ1) is 23.6. The van der Waals surface area contributed by atoms with Crippen LogP contribution in [0.15, 0.2) is 41.5 Å². The maximum absolute atomic E-state index is 13.8. The smallest absolute Gasteiger partial charge is 0.279 e. The Hall–Kier alpha value is -3.10. The fraction of sp³-hybridized carbons (Fsp3) is 0.481. The molecule has 4 unspecified atom stereocenters. The van der Waals surface area contributed by atoms with Gasteiger partial charge in [0, 0.05) is 30.1 Å². The van der Waals surface area contributed by atoms with E-state index in [4.69, 9.17) is 4.74 Å². The van der Waals surface area contributed by atoms with Gasteiger partial charge < -0.3 is 24.4 Å². The molecule has 186 valence electrons. The monoisotopic (exact) mass is 479 g/mol. The molecule has 5 rings (SSSR count). The Morgan fingerprint density at radius 2 is 1.94 bits per heavy atom. The van der Waals surface area contributed by atoms with Gasteiger partial charge in [0.15, 0.2) is 0 Å². The van der Waals surface area contributed by atoms with E-state index >= 15 is 0 Å². The van der Waals surface area contributed by atoms with E-state index in [2.05, 4.69) is 10.6 Å². The van der Waals surface area contributed by atoms with Crippen molar-refractivity contribution in [3.8, 4) is 5.75 Å². The third kappa shape index (κ3) is 3.27. The van der Waals surface area contributed by atoms with Gasteiger partial charge in [-0.15, -0.1) is 0 Å². The van der Waals surface area contributed by atoms with Crippen LogP contribution in [0.3, 0.4) is 0 Å². The number of amides is 2. The summed E-state index contributed by atoms with van der Waals surface area (Å²) >= 11 is 0. The number of benzene rings is 1. The third-order valence-corrected chi connectivity index (χ3v) is 7.46. The molecule has 0 bridgehead atoms. The number of piperazine rings is 1. The van der Waals surface area contributed by atoms with Crippen molar-refractivity contribution in [3.63, 3.8) is 0 Å². The Morgan fingerprint density at radius 3 is 2.60 bits per heavy atom. The minimum absolute atomic E-state index is 0.326. The topological polar surface area (TPSA) is 95.2 Å². The molecule has 8 heteroatoms. The number of hydrogen-bond acceptors (Lipinski definition) is 5. The van der Waals surface area contributed by atoms with Crippen LogP contribution in [0.4, 0.5) is 0 Å². The van der Waals surface area contributed by atoms with E-state index in [0.717, 1.165) is 22.0 Å². The van der Waals surface area contributed by atoms with E-state index < -0.39 is 29.8 Å². The van der Waals surface area contributed by atoms with E-state index in [1.165, 1.54) is 9.80 Å². The van der Waals surface area contributed by atoms with Crippen LogP contribution in [0.25, 0.3) is 10.9 Å². The van der Waals surface area contributed by atoms with Crippen molar-refractivity contribution in [1.29, 1.82) is 0 Å². The van der Waals surface area contributed by atoms with Gasteiger partial charge in [0.2, 0.25) is 5.91 Å². The zero-order chi connectivity index (χ0) is 25.2. The molecule has 2 fully saturated rings. The van der Waals surface area contributed by atoms with E-state index in [-0.39, 0.29) is 5.91 Å². The minimum Gasteiger partial charge on any atom is -0.497 e. The van der Waals surface area contributed by atoms with Gasteiger partial charge in [0.1, 0.15) is 17.9 Å². The highest BCUT2D eigenvalue weighted by Gasteiger charge is 2.65. The lowest BCUT2D eigenvalue weighted by Crippen LogP contribution is -2.74. The second kappa shape index (κ2) is 8.24. The van der Waals surface area contributed by atoms with Gasteiger partial charge in [-0.3, -0.25) is 14.5 Å². The Bertz CT molecular complexity index is 1280. The molecule has 0 aliphatic carbocycles. The summed E-state index contributed by atoms with van der Waals surface area (Å²) in [6, 6.07) is 4.22. The van der Waals surface area contributed by atoms with Crippen molar-refractivity contribution in [2.45, 2.75) is 71.0 Å². The summed E-state index contributed by atoms with van der Waals surface area (Å²) in [6.45, 7) is 8.79. The summed E-state index contributed by atoms with van der Waals surface area (Å²) in [6.07, 6.45) is 3.63. The molecular formula is C27H33N3O5. The number of ether oxygens (including phenoxy) is 1. The molecule has 2 amide bonds. The first-order valence-electron chi connectivity index (χ1n) is 12.1. The molecule has 0 spiro atoms. The highest BCUT2D eigenvalue weighted by molar-refractivity contribution is 6.02. The molecule has 4 atom stereocenters. The van der Waals surface area contributed by atoms with Crippen molar-refractivity contribution in [1.82, 2.24) is 14.4 Å². The van der Waals surface area contributed by atoms with Gasteiger partial charge in [-0.2, -0.15) is 0 Å². The highest BCUT2D eigenvalue weighted by Crippen LogP contribution is 2.52. The lowest BCUT2D eigenvalue weighted by molar-refractivity contribution is -0.229. The van der Waals surface area contributed by atoms with Crippen molar-refractivity contribution < 1.29 is 24.5 Å². The van der Waals surface area contributed by atoms with Crippen molar-refractivity contribution >= 4 is 22.7 Å². The molecule has 3 aliphatic rings. The van der Waals surface area contributed by atoms with Gasteiger partial charge >= 0.3 is 0 Å². The zero-order valence-corrected chi connectivity index (χ0v) is 20.9. The summed E-state index contributed by atoms with van der Waals surface area (Å²) in [5.74, 6) is -0.278.